The van der Waals surface area contributed by atoms with Gasteiger partial charge < -0.3 is 28.4 Å². The second-order valence-electron chi connectivity index (χ2n) is 5.69. The maximum Gasteiger partial charge on any atom is 0.303 e. The van der Waals surface area contributed by atoms with Gasteiger partial charge in [0, 0.05) is 27.7 Å². The normalized spacial score (nSPS) is 27.2. The van der Waals surface area contributed by atoms with E-state index in [9.17, 15) is 19.2 Å². The molecule has 0 aromatic heterocycles. The van der Waals surface area contributed by atoms with Crippen molar-refractivity contribution in [2.24, 2.45) is 0 Å². The van der Waals surface area contributed by atoms with E-state index < -0.39 is 54.6 Å². The summed E-state index contributed by atoms with van der Waals surface area (Å²) in [6.45, 7) is 7.90. The Hall–Kier alpha value is -2.46. The molecule has 0 N–H and O–H groups in total. The molecule has 1 fully saturated rings. The largest absolute Gasteiger partial charge is 0.463 e. The maximum absolute atomic E-state index is 11.6. The second kappa shape index (κ2) is 10.6. The van der Waals surface area contributed by atoms with E-state index in [-0.39, 0.29) is 13.2 Å². The van der Waals surface area contributed by atoms with Gasteiger partial charge in [-0.15, -0.1) is 6.58 Å². The Morgan fingerprint density at radius 2 is 1.37 bits per heavy atom. The molecule has 10 heteroatoms. The van der Waals surface area contributed by atoms with Crippen LogP contribution in [-0.2, 0) is 47.6 Å². The monoisotopic (exact) mass is 388 g/mol. The zero-order valence-corrected chi connectivity index (χ0v) is 15.7. The predicted molar refractivity (Wildman–Crippen MR) is 88.1 cm³/mol. The summed E-state index contributed by atoms with van der Waals surface area (Å²) in [6.07, 6.45) is -4.41. The predicted octanol–water partition coefficient (Wildman–Crippen LogP) is 0.272. The van der Waals surface area contributed by atoms with Crippen LogP contribution >= 0.6 is 0 Å². The van der Waals surface area contributed by atoms with Gasteiger partial charge >= 0.3 is 23.9 Å². The molecule has 5 atom stereocenters. The van der Waals surface area contributed by atoms with Crippen molar-refractivity contribution in [2.75, 3.05) is 13.2 Å². The smallest absolute Gasteiger partial charge is 0.303 e. The molecule has 0 amide bonds. The quantitative estimate of drug-likeness (QED) is 0.325. The van der Waals surface area contributed by atoms with Crippen LogP contribution in [0, 0.1) is 0 Å². The Morgan fingerprint density at radius 1 is 0.852 bits per heavy atom. The molecule has 0 aromatic rings. The molecule has 0 bridgehead atoms. The Morgan fingerprint density at radius 3 is 1.85 bits per heavy atom. The SMILES string of the molecule is C=CCO[C@@H]1O[C@@H](COC(C)=O)[C@@H](OC(C)=O)[C@H](OC(C)=O)[C@@H]1OC(C)=O. The molecule has 0 unspecified atom stereocenters. The summed E-state index contributed by atoms with van der Waals surface area (Å²) < 4.78 is 31.7. The van der Waals surface area contributed by atoms with Crippen LogP contribution in [-0.4, -0.2) is 67.8 Å². The summed E-state index contributed by atoms with van der Waals surface area (Å²) in [7, 11) is 0. The summed E-state index contributed by atoms with van der Waals surface area (Å²) in [5.74, 6) is -2.67. The third-order valence-corrected chi connectivity index (χ3v) is 3.33. The standard InChI is InChI=1S/C17H24O10/c1-6-7-22-17-16(26-12(5)21)15(25-11(4)20)14(24-10(3)19)13(27-17)8-23-9(2)18/h6,13-17H,1,7-8H2,2-5H3/t13-,14+,15-,16-,17+/m0/s1. The van der Waals surface area contributed by atoms with Crippen LogP contribution in [0.1, 0.15) is 27.7 Å². The molecule has 27 heavy (non-hydrogen) atoms. The highest BCUT2D eigenvalue weighted by Gasteiger charge is 2.52. The first-order chi connectivity index (χ1) is 12.6. The lowest BCUT2D eigenvalue weighted by Gasteiger charge is -2.43. The Bertz CT molecular complexity index is 572. The van der Waals surface area contributed by atoms with Gasteiger partial charge in [0.25, 0.3) is 0 Å². The summed E-state index contributed by atoms with van der Waals surface area (Å²) in [5.41, 5.74) is 0. The summed E-state index contributed by atoms with van der Waals surface area (Å²) >= 11 is 0. The number of carbonyl (C=O) groups is 4. The lowest BCUT2D eigenvalue weighted by Crippen LogP contribution is -2.62. The van der Waals surface area contributed by atoms with E-state index >= 15 is 0 Å². The van der Waals surface area contributed by atoms with E-state index in [1.807, 2.05) is 0 Å². The van der Waals surface area contributed by atoms with Crippen LogP contribution in [0.2, 0.25) is 0 Å². The average Bonchev–Trinajstić information content (AvgIpc) is 2.54. The molecule has 152 valence electrons. The van der Waals surface area contributed by atoms with Crippen LogP contribution in [0.3, 0.4) is 0 Å². The lowest BCUT2D eigenvalue weighted by molar-refractivity contribution is -0.305. The minimum absolute atomic E-state index is 0.0355. The molecule has 0 aromatic carbocycles. The highest BCUT2D eigenvalue weighted by atomic mass is 16.7. The van der Waals surface area contributed by atoms with Gasteiger partial charge in [-0.25, -0.2) is 0 Å². The zero-order chi connectivity index (χ0) is 20.6. The van der Waals surface area contributed by atoms with Crippen LogP contribution in [0.5, 0.6) is 0 Å². The number of carbonyl (C=O) groups excluding carboxylic acids is 4. The Kier molecular flexibility index (Phi) is 8.89. The van der Waals surface area contributed by atoms with Crippen molar-refractivity contribution < 1.29 is 47.6 Å². The first kappa shape index (κ1) is 22.6. The molecular weight excluding hydrogens is 364 g/mol. The fourth-order valence-corrected chi connectivity index (χ4v) is 2.49. The van der Waals surface area contributed by atoms with Crippen LogP contribution in [0.25, 0.3) is 0 Å². The molecule has 1 heterocycles. The summed E-state index contributed by atoms with van der Waals surface area (Å²) in [4.78, 5) is 45.8. The minimum atomic E-state index is -1.24. The van der Waals surface area contributed by atoms with Gasteiger partial charge in [-0.1, -0.05) is 6.08 Å². The fraction of sp³-hybridized carbons (Fsp3) is 0.647. The zero-order valence-electron chi connectivity index (χ0n) is 15.7. The van der Waals surface area contributed by atoms with Crippen molar-refractivity contribution in [2.45, 2.75) is 58.4 Å². The topological polar surface area (TPSA) is 124 Å². The van der Waals surface area contributed by atoms with Gasteiger partial charge in [0.15, 0.2) is 24.6 Å². The van der Waals surface area contributed by atoms with Gasteiger partial charge in [0.05, 0.1) is 6.61 Å². The van der Waals surface area contributed by atoms with Gasteiger partial charge in [0.2, 0.25) is 0 Å². The number of hydrogen-bond donors (Lipinski definition) is 0. The van der Waals surface area contributed by atoms with Crippen LogP contribution in [0.15, 0.2) is 12.7 Å². The lowest BCUT2D eigenvalue weighted by atomic mass is 9.98. The average molecular weight is 388 g/mol. The molecule has 0 spiro atoms. The van der Waals surface area contributed by atoms with E-state index in [2.05, 4.69) is 6.58 Å². The maximum atomic E-state index is 11.6. The summed E-state index contributed by atoms with van der Waals surface area (Å²) in [6, 6.07) is 0. The molecule has 10 nitrogen and oxygen atoms in total. The van der Waals surface area contributed by atoms with Gasteiger partial charge in [0.1, 0.15) is 12.7 Å². The Labute approximate surface area is 156 Å². The number of rotatable bonds is 8. The number of hydrogen-bond acceptors (Lipinski definition) is 10. The molecule has 0 aliphatic carbocycles. The molecule has 1 aliphatic rings. The van der Waals surface area contributed by atoms with Crippen molar-refractivity contribution in [1.82, 2.24) is 0 Å². The van der Waals surface area contributed by atoms with Crippen LogP contribution in [0.4, 0.5) is 0 Å². The van der Waals surface area contributed by atoms with Gasteiger partial charge in [-0.05, 0) is 0 Å². The van der Waals surface area contributed by atoms with Crippen molar-refractivity contribution >= 4 is 23.9 Å². The van der Waals surface area contributed by atoms with Crippen molar-refractivity contribution in [3.63, 3.8) is 0 Å². The molecule has 1 aliphatic heterocycles. The van der Waals surface area contributed by atoms with Crippen LogP contribution < -0.4 is 0 Å². The fourth-order valence-electron chi connectivity index (χ4n) is 2.49. The highest BCUT2D eigenvalue weighted by Crippen LogP contribution is 2.29. The Balaban J connectivity index is 3.24. The third kappa shape index (κ3) is 7.35. The minimum Gasteiger partial charge on any atom is -0.463 e. The van der Waals surface area contributed by atoms with Crippen molar-refractivity contribution in [3.8, 4) is 0 Å². The third-order valence-electron chi connectivity index (χ3n) is 3.33. The van der Waals surface area contributed by atoms with Gasteiger partial charge in [-0.3, -0.25) is 19.2 Å². The van der Waals surface area contributed by atoms with Gasteiger partial charge in [-0.2, -0.15) is 0 Å². The molecule has 1 saturated heterocycles. The number of ether oxygens (including phenoxy) is 6. The second-order valence-corrected chi connectivity index (χ2v) is 5.69. The molecular formula is C17H24O10. The molecule has 0 saturated carbocycles. The highest BCUT2D eigenvalue weighted by molar-refractivity contribution is 5.68. The van der Waals surface area contributed by atoms with E-state index in [0.29, 0.717) is 0 Å². The van der Waals surface area contributed by atoms with E-state index in [1.165, 1.54) is 13.0 Å². The summed E-state index contributed by atoms with van der Waals surface area (Å²) in [5, 5.41) is 0. The van der Waals surface area contributed by atoms with E-state index in [1.54, 1.807) is 0 Å². The van der Waals surface area contributed by atoms with Crippen molar-refractivity contribution in [1.29, 1.82) is 0 Å². The molecule has 1 rings (SSSR count). The van der Waals surface area contributed by atoms with Crippen molar-refractivity contribution in [3.05, 3.63) is 12.7 Å². The van der Waals surface area contributed by atoms with E-state index in [4.69, 9.17) is 28.4 Å². The number of esters is 4. The first-order valence-electron chi connectivity index (χ1n) is 8.18. The molecule has 0 radical (unpaired) electrons. The first-order valence-corrected chi connectivity index (χ1v) is 8.18. The van der Waals surface area contributed by atoms with E-state index in [0.717, 1.165) is 20.8 Å².